The molecule has 4 nitrogen and oxygen atoms in total. The fraction of sp³-hybridized carbons (Fsp3) is 0.565. The molecular weight excluding hydrogens is 372 g/mol. The number of hydrogen-bond acceptors (Lipinski definition) is 3. The minimum atomic E-state index is -0.149. The van der Waals surface area contributed by atoms with Crippen LogP contribution < -0.4 is 10.6 Å². The van der Waals surface area contributed by atoms with Crippen molar-refractivity contribution in [1.29, 1.82) is 0 Å². The first-order valence-corrected chi connectivity index (χ1v) is 10.7. The second-order valence-corrected chi connectivity index (χ2v) is 7.45. The molecule has 3 N–H and O–H groups in total. The summed E-state index contributed by atoms with van der Waals surface area (Å²) in [5.74, 6) is -0.149. The van der Waals surface area contributed by atoms with Crippen LogP contribution in [0.1, 0.15) is 68.8 Å². The van der Waals surface area contributed by atoms with Crippen LogP contribution in [0.15, 0.2) is 35.1 Å². The minimum Gasteiger partial charge on any atom is -0.395 e. The molecule has 0 radical (unpaired) electrons. The summed E-state index contributed by atoms with van der Waals surface area (Å²) in [5, 5.41) is 15.4. The predicted octanol–water partition coefficient (Wildman–Crippen LogP) is 4.66. The van der Waals surface area contributed by atoms with Gasteiger partial charge in [0.1, 0.15) is 0 Å². The fourth-order valence-corrected chi connectivity index (χ4v) is 3.07. The number of rotatable bonds is 13. The highest BCUT2D eigenvalue weighted by molar-refractivity contribution is 6.33. The molecule has 0 saturated carbocycles. The summed E-state index contributed by atoms with van der Waals surface area (Å²) in [7, 11) is 0. The summed E-state index contributed by atoms with van der Waals surface area (Å²) in [6, 6.07) is 5.63. The number of halogens is 1. The number of carbonyl (C=O) groups excluding carboxylic acids is 1. The van der Waals surface area contributed by atoms with Crippen molar-refractivity contribution >= 4 is 17.5 Å². The third-order valence-electron chi connectivity index (χ3n) is 4.57. The molecule has 1 aromatic carbocycles. The number of aryl methyl sites for hydroxylation is 1. The maximum atomic E-state index is 12.6. The summed E-state index contributed by atoms with van der Waals surface area (Å²) in [4.78, 5) is 12.6. The van der Waals surface area contributed by atoms with Gasteiger partial charge >= 0.3 is 0 Å². The lowest BCUT2D eigenvalue weighted by molar-refractivity contribution is 0.0957. The first kappa shape index (κ1) is 24.5. The molecule has 1 rings (SSSR count). The quantitative estimate of drug-likeness (QED) is 0.330. The smallest absolute Gasteiger partial charge is 0.253 e. The van der Waals surface area contributed by atoms with Crippen LogP contribution in [0, 0.1) is 0 Å². The molecule has 0 aliphatic heterocycles. The molecule has 0 spiro atoms. The van der Waals surface area contributed by atoms with E-state index in [0.29, 0.717) is 23.7 Å². The van der Waals surface area contributed by atoms with E-state index in [1.165, 1.54) is 18.4 Å². The Morgan fingerprint density at radius 2 is 2.00 bits per heavy atom. The number of nitrogens with one attached hydrogen (secondary N) is 2. The Hall–Kier alpha value is -1.58. The van der Waals surface area contributed by atoms with Crippen LogP contribution in [0.25, 0.3) is 0 Å². The molecule has 0 aromatic heterocycles. The van der Waals surface area contributed by atoms with Crippen LogP contribution in [-0.4, -0.2) is 37.3 Å². The number of benzene rings is 1. The molecule has 5 heteroatoms. The summed E-state index contributed by atoms with van der Waals surface area (Å²) < 4.78 is 0. The van der Waals surface area contributed by atoms with Crippen LogP contribution in [0.5, 0.6) is 0 Å². The van der Waals surface area contributed by atoms with Gasteiger partial charge in [0.15, 0.2) is 0 Å². The molecule has 156 valence electrons. The summed E-state index contributed by atoms with van der Waals surface area (Å²) in [6.45, 7) is 8.44. The number of aliphatic hydroxyl groups excluding tert-OH is 1. The van der Waals surface area contributed by atoms with E-state index in [1.54, 1.807) is 6.07 Å². The lowest BCUT2D eigenvalue weighted by Crippen LogP contribution is -2.26. The molecule has 0 atom stereocenters. The van der Waals surface area contributed by atoms with Gasteiger partial charge in [0.2, 0.25) is 0 Å². The summed E-state index contributed by atoms with van der Waals surface area (Å²) >= 11 is 6.26. The lowest BCUT2D eigenvalue weighted by Gasteiger charge is -2.10. The molecule has 0 aliphatic rings. The van der Waals surface area contributed by atoms with Crippen LogP contribution in [0.4, 0.5) is 0 Å². The van der Waals surface area contributed by atoms with Gasteiger partial charge in [0.25, 0.3) is 5.91 Å². The highest BCUT2D eigenvalue weighted by Crippen LogP contribution is 2.19. The zero-order valence-electron chi connectivity index (χ0n) is 17.5. The van der Waals surface area contributed by atoms with Gasteiger partial charge in [-0.05, 0) is 74.4 Å². The molecule has 0 aliphatic carbocycles. The average molecular weight is 407 g/mol. The molecular formula is C23H35ClN2O2. The first-order chi connectivity index (χ1) is 13.5. The maximum Gasteiger partial charge on any atom is 0.253 e. The van der Waals surface area contributed by atoms with E-state index in [9.17, 15) is 4.79 Å². The number of hydrogen-bond donors (Lipinski definition) is 3. The highest BCUT2D eigenvalue weighted by atomic mass is 35.5. The van der Waals surface area contributed by atoms with Crippen molar-refractivity contribution in [1.82, 2.24) is 10.6 Å². The fourth-order valence-electron chi connectivity index (χ4n) is 2.87. The van der Waals surface area contributed by atoms with Gasteiger partial charge < -0.3 is 15.7 Å². The second kappa shape index (κ2) is 14.4. The van der Waals surface area contributed by atoms with Crippen molar-refractivity contribution in [2.24, 2.45) is 0 Å². The monoisotopic (exact) mass is 406 g/mol. The normalized spacial score (nSPS) is 10.5. The summed E-state index contributed by atoms with van der Waals surface area (Å²) in [5.41, 5.74) is 7.38. The zero-order valence-corrected chi connectivity index (χ0v) is 18.3. The zero-order chi connectivity index (χ0) is 20.8. The lowest BCUT2D eigenvalue weighted by atomic mass is 10.1. The SMILES string of the molecule is CCCCC(C)=C=C(CC)CNC(=O)c1cc(CCCNCCO)ccc1Cl. The first-order valence-electron chi connectivity index (χ1n) is 10.3. The van der Waals surface area contributed by atoms with Crippen molar-refractivity contribution in [3.8, 4) is 0 Å². The van der Waals surface area contributed by atoms with E-state index < -0.39 is 0 Å². The van der Waals surface area contributed by atoms with Gasteiger partial charge in [-0.15, -0.1) is 5.73 Å². The number of amides is 1. The third kappa shape index (κ3) is 9.57. The van der Waals surface area contributed by atoms with Crippen molar-refractivity contribution in [2.45, 2.75) is 59.3 Å². The third-order valence-corrected chi connectivity index (χ3v) is 4.90. The number of unbranched alkanes of at least 4 members (excludes halogenated alkanes) is 1. The van der Waals surface area contributed by atoms with E-state index >= 15 is 0 Å². The maximum absolute atomic E-state index is 12.6. The Morgan fingerprint density at radius 3 is 2.68 bits per heavy atom. The Morgan fingerprint density at radius 1 is 1.21 bits per heavy atom. The Kier molecular flexibility index (Phi) is 12.6. The number of carbonyl (C=O) groups is 1. The predicted molar refractivity (Wildman–Crippen MR) is 118 cm³/mol. The highest BCUT2D eigenvalue weighted by Gasteiger charge is 2.11. The van der Waals surface area contributed by atoms with Gasteiger partial charge in [-0.1, -0.05) is 37.9 Å². The van der Waals surface area contributed by atoms with E-state index in [0.717, 1.165) is 43.4 Å². The molecule has 0 fully saturated rings. The van der Waals surface area contributed by atoms with Crippen LogP contribution in [0.3, 0.4) is 0 Å². The molecule has 0 saturated heterocycles. The van der Waals surface area contributed by atoms with E-state index in [4.69, 9.17) is 16.7 Å². The van der Waals surface area contributed by atoms with Gasteiger partial charge in [-0.3, -0.25) is 4.79 Å². The van der Waals surface area contributed by atoms with Gasteiger partial charge in [-0.25, -0.2) is 0 Å². The molecule has 1 aromatic rings. The molecule has 0 heterocycles. The van der Waals surface area contributed by atoms with Crippen LogP contribution >= 0.6 is 11.6 Å². The Labute approximate surface area is 175 Å². The minimum absolute atomic E-state index is 0.146. The second-order valence-electron chi connectivity index (χ2n) is 7.04. The standard InChI is InChI=1S/C23H35ClN2O2/c1-4-6-8-18(3)15-19(5-2)17-26-23(28)21-16-20(10-11-22(21)24)9-7-12-25-13-14-27/h10-11,16,25,27H,4-9,12-14,17H2,1-3H3,(H,26,28). The Bertz CT molecular complexity index is 679. The van der Waals surface area contributed by atoms with Gasteiger partial charge in [0, 0.05) is 13.1 Å². The van der Waals surface area contributed by atoms with Gasteiger partial charge in [-0.2, -0.15) is 0 Å². The van der Waals surface area contributed by atoms with E-state index in [1.807, 2.05) is 12.1 Å². The van der Waals surface area contributed by atoms with Crippen LogP contribution in [0.2, 0.25) is 5.02 Å². The van der Waals surface area contributed by atoms with Crippen molar-refractivity contribution in [2.75, 3.05) is 26.2 Å². The largest absolute Gasteiger partial charge is 0.395 e. The van der Waals surface area contributed by atoms with E-state index in [2.05, 4.69) is 37.1 Å². The van der Waals surface area contributed by atoms with E-state index in [-0.39, 0.29) is 12.5 Å². The average Bonchev–Trinajstić information content (AvgIpc) is 2.70. The molecule has 0 unspecified atom stereocenters. The molecule has 0 bridgehead atoms. The van der Waals surface area contributed by atoms with Crippen molar-refractivity contribution in [3.63, 3.8) is 0 Å². The molecule has 1 amide bonds. The van der Waals surface area contributed by atoms with Gasteiger partial charge in [0.05, 0.1) is 17.2 Å². The Balaban J connectivity index is 2.69. The molecule has 28 heavy (non-hydrogen) atoms. The topological polar surface area (TPSA) is 61.4 Å². The number of aliphatic hydroxyl groups is 1. The van der Waals surface area contributed by atoms with Crippen molar-refractivity contribution < 1.29 is 9.90 Å². The van der Waals surface area contributed by atoms with Crippen molar-refractivity contribution in [3.05, 3.63) is 51.2 Å². The van der Waals surface area contributed by atoms with Crippen LogP contribution in [-0.2, 0) is 6.42 Å². The summed E-state index contributed by atoms with van der Waals surface area (Å²) in [6.07, 6.45) is 6.04.